The molecule has 190 valence electrons. The summed E-state index contributed by atoms with van der Waals surface area (Å²) < 4.78 is 42.5. The molecule has 1 N–H and O–H groups in total. The third-order valence-corrected chi connectivity index (χ3v) is 6.99. The number of benzene rings is 1. The van der Waals surface area contributed by atoms with Gasteiger partial charge in [0.1, 0.15) is 29.2 Å². The summed E-state index contributed by atoms with van der Waals surface area (Å²) in [6, 6.07) is 2.72. The molecule has 1 amide bonds. The van der Waals surface area contributed by atoms with Gasteiger partial charge in [-0.1, -0.05) is 0 Å². The fourth-order valence-electron chi connectivity index (χ4n) is 5.27. The number of halogens is 2. The van der Waals surface area contributed by atoms with E-state index in [9.17, 15) is 13.6 Å². The van der Waals surface area contributed by atoms with E-state index in [1.807, 2.05) is 0 Å². The fraction of sp³-hybridized carbons (Fsp3) is 0.615. The van der Waals surface area contributed by atoms with Crippen LogP contribution in [0.2, 0.25) is 0 Å². The second-order valence-corrected chi connectivity index (χ2v) is 10.8. The highest BCUT2D eigenvalue weighted by Crippen LogP contribution is 2.42. The van der Waals surface area contributed by atoms with E-state index in [2.05, 4.69) is 21.7 Å². The molecule has 3 atom stereocenters. The molecule has 1 aromatic carbocycles. The lowest BCUT2D eigenvalue weighted by Crippen LogP contribution is -2.52. The smallest absolute Gasteiger partial charge is 0.407 e. The highest BCUT2D eigenvalue weighted by atomic mass is 19.1. The van der Waals surface area contributed by atoms with Crippen molar-refractivity contribution in [2.24, 2.45) is 0 Å². The molecule has 1 aliphatic carbocycles. The van der Waals surface area contributed by atoms with Crippen LogP contribution in [0, 0.1) is 11.6 Å². The maximum atomic E-state index is 14.7. The number of fused-ring (bicyclic) bond motifs is 1. The van der Waals surface area contributed by atoms with E-state index in [1.54, 1.807) is 20.8 Å². The van der Waals surface area contributed by atoms with Crippen LogP contribution in [0.4, 0.5) is 13.6 Å². The number of carbonyl (C=O) groups excluding carboxylic acids is 1. The van der Waals surface area contributed by atoms with E-state index in [0.717, 1.165) is 37.0 Å². The molecule has 3 heterocycles. The van der Waals surface area contributed by atoms with Crippen LogP contribution >= 0.6 is 0 Å². The molecule has 2 aromatic rings. The topological polar surface area (TPSA) is 68.6 Å². The summed E-state index contributed by atoms with van der Waals surface area (Å²) in [5.74, 6) is 0.694. The molecule has 0 radical (unpaired) electrons. The van der Waals surface area contributed by atoms with Gasteiger partial charge in [-0.3, -0.25) is 4.90 Å². The molecule has 9 heteroatoms. The average Bonchev–Trinajstić information content (AvgIpc) is 3.45. The number of alkyl carbamates (subject to hydrolysis) is 1. The van der Waals surface area contributed by atoms with E-state index in [4.69, 9.17) is 14.5 Å². The highest BCUT2D eigenvalue weighted by molar-refractivity contribution is 5.68. The first kappa shape index (κ1) is 24.2. The zero-order valence-corrected chi connectivity index (χ0v) is 20.8. The van der Waals surface area contributed by atoms with Gasteiger partial charge >= 0.3 is 6.09 Å². The van der Waals surface area contributed by atoms with E-state index >= 15 is 0 Å². The van der Waals surface area contributed by atoms with Gasteiger partial charge in [0.05, 0.1) is 24.0 Å². The van der Waals surface area contributed by atoms with Crippen molar-refractivity contribution in [2.45, 2.75) is 96.3 Å². The fourth-order valence-corrected chi connectivity index (χ4v) is 5.27. The van der Waals surface area contributed by atoms with Crippen LogP contribution in [0.25, 0.3) is 0 Å². The Labute approximate surface area is 204 Å². The standard InChI is InChI=1S/C26H34F2N4O3/c1-5-32-22-13-31(12-21(22)29-24(32)15-6-7-15)17-11-20(30-25(33)35-26(2,3)4)23(34-14-17)18-10-16(27)8-9-19(18)28/h8-10,15,17,20,23H,5-7,11-14H2,1-4H3,(H,30,33)/t17-,20?,23-/m1/s1. The molecule has 1 aromatic heterocycles. The highest BCUT2D eigenvalue weighted by Gasteiger charge is 2.41. The Morgan fingerprint density at radius 2 is 2.03 bits per heavy atom. The summed E-state index contributed by atoms with van der Waals surface area (Å²) in [6.07, 6.45) is 1.53. The zero-order chi connectivity index (χ0) is 24.9. The number of imidazole rings is 1. The van der Waals surface area contributed by atoms with Crippen LogP contribution in [0.3, 0.4) is 0 Å². The van der Waals surface area contributed by atoms with Crippen LogP contribution in [0.15, 0.2) is 18.2 Å². The second-order valence-electron chi connectivity index (χ2n) is 10.8. The van der Waals surface area contributed by atoms with E-state index in [1.165, 1.54) is 24.4 Å². The Bertz CT molecular complexity index is 1110. The largest absolute Gasteiger partial charge is 0.444 e. The minimum atomic E-state index is -0.816. The number of hydrogen-bond acceptors (Lipinski definition) is 5. The molecule has 7 nitrogen and oxygen atoms in total. The summed E-state index contributed by atoms with van der Waals surface area (Å²) in [7, 11) is 0. The first-order valence-corrected chi connectivity index (χ1v) is 12.5. The molecule has 0 spiro atoms. The van der Waals surface area contributed by atoms with Crippen molar-refractivity contribution < 1.29 is 23.0 Å². The lowest BCUT2D eigenvalue weighted by atomic mass is 9.92. The maximum Gasteiger partial charge on any atom is 0.407 e. The SMILES string of the molecule is CCn1c(C2CC2)nc2c1CN([C@H]1CO[C@H](c3cc(F)ccc3F)C(NC(=O)OC(C)(C)C)C1)C2. The van der Waals surface area contributed by atoms with Gasteiger partial charge in [-0.15, -0.1) is 0 Å². The number of nitrogens with zero attached hydrogens (tertiary/aromatic N) is 3. The third-order valence-electron chi connectivity index (χ3n) is 6.99. The number of amides is 1. The van der Waals surface area contributed by atoms with Crippen molar-refractivity contribution >= 4 is 6.09 Å². The van der Waals surface area contributed by atoms with Crippen LogP contribution < -0.4 is 5.32 Å². The first-order valence-electron chi connectivity index (χ1n) is 12.5. The molecular weight excluding hydrogens is 454 g/mol. The van der Waals surface area contributed by atoms with Crippen molar-refractivity contribution in [1.29, 1.82) is 0 Å². The number of nitrogens with one attached hydrogen (secondary N) is 1. The second kappa shape index (κ2) is 9.17. The van der Waals surface area contributed by atoms with Gasteiger partial charge in [0, 0.05) is 37.2 Å². The number of ether oxygens (including phenoxy) is 2. The molecule has 1 saturated carbocycles. The Kier molecular flexibility index (Phi) is 6.34. The average molecular weight is 489 g/mol. The monoisotopic (exact) mass is 488 g/mol. The molecule has 3 aliphatic rings. The summed E-state index contributed by atoms with van der Waals surface area (Å²) >= 11 is 0. The molecule has 0 bridgehead atoms. The van der Waals surface area contributed by atoms with Crippen molar-refractivity contribution in [3.05, 3.63) is 52.6 Å². The Morgan fingerprint density at radius 1 is 1.26 bits per heavy atom. The Balaban J connectivity index is 1.35. The van der Waals surface area contributed by atoms with Crippen molar-refractivity contribution in [1.82, 2.24) is 19.8 Å². The van der Waals surface area contributed by atoms with Crippen LogP contribution in [0.1, 0.15) is 81.8 Å². The molecule has 35 heavy (non-hydrogen) atoms. The summed E-state index contributed by atoms with van der Waals surface area (Å²) in [4.78, 5) is 19.9. The predicted octanol–water partition coefficient (Wildman–Crippen LogP) is 4.80. The maximum absolute atomic E-state index is 14.7. The van der Waals surface area contributed by atoms with E-state index in [0.29, 0.717) is 25.5 Å². The van der Waals surface area contributed by atoms with Crippen molar-refractivity contribution in [3.63, 3.8) is 0 Å². The minimum Gasteiger partial charge on any atom is -0.444 e. The predicted molar refractivity (Wildman–Crippen MR) is 126 cm³/mol. The normalized spacial score (nSPS) is 24.9. The third kappa shape index (κ3) is 5.07. The van der Waals surface area contributed by atoms with Gasteiger partial charge in [0.15, 0.2) is 0 Å². The molecule has 1 saturated heterocycles. The Hall–Kier alpha value is -2.52. The van der Waals surface area contributed by atoms with Crippen molar-refractivity contribution in [2.75, 3.05) is 6.61 Å². The van der Waals surface area contributed by atoms with Crippen LogP contribution in [0.5, 0.6) is 0 Å². The lowest BCUT2D eigenvalue weighted by molar-refractivity contribution is -0.0630. The van der Waals surface area contributed by atoms with Gasteiger partial charge in [-0.25, -0.2) is 18.6 Å². The number of aromatic nitrogens is 2. The van der Waals surface area contributed by atoms with Crippen LogP contribution in [-0.2, 0) is 29.1 Å². The van der Waals surface area contributed by atoms with Crippen molar-refractivity contribution in [3.8, 4) is 0 Å². The summed E-state index contributed by atoms with van der Waals surface area (Å²) in [5, 5.41) is 2.87. The van der Waals surface area contributed by atoms with Gasteiger partial charge in [-0.2, -0.15) is 0 Å². The van der Waals surface area contributed by atoms with E-state index in [-0.39, 0.29) is 11.6 Å². The van der Waals surface area contributed by atoms with Gasteiger partial charge in [0.25, 0.3) is 0 Å². The Morgan fingerprint density at radius 3 is 2.71 bits per heavy atom. The molecule has 2 fully saturated rings. The van der Waals surface area contributed by atoms with Crippen LogP contribution in [-0.4, -0.2) is 44.8 Å². The van der Waals surface area contributed by atoms with Gasteiger partial charge in [-0.05, 0) is 65.2 Å². The van der Waals surface area contributed by atoms with E-state index < -0.39 is 35.5 Å². The number of rotatable bonds is 5. The zero-order valence-electron chi connectivity index (χ0n) is 20.8. The molecular formula is C26H34F2N4O3. The summed E-state index contributed by atoms with van der Waals surface area (Å²) in [5.41, 5.74) is 1.79. The van der Waals surface area contributed by atoms with Gasteiger partial charge in [0.2, 0.25) is 0 Å². The summed E-state index contributed by atoms with van der Waals surface area (Å²) in [6.45, 7) is 10.2. The number of carbonyl (C=O) groups is 1. The minimum absolute atomic E-state index is 0.00770. The molecule has 2 aliphatic heterocycles. The quantitative estimate of drug-likeness (QED) is 0.655. The van der Waals surface area contributed by atoms with Gasteiger partial charge < -0.3 is 19.4 Å². The lowest BCUT2D eigenvalue weighted by Gasteiger charge is -2.40. The molecule has 1 unspecified atom stereocenters. The molecule has 5 rings (SSSR count). The first-order chi connectivity index (χ1) is 16.6. The number of hydrogen-bond donors (Lipinski definition) is 1.